The van der Waals surface area contributed by atoms with Gasteiger partial charge in [-0.05, 0) is 94.5 Å². The number of hydrogen-bond donors (Lipinski definition) is 2. The molecule has 0 spiro atoms. The molecule has 0 aliphatic carbocycles. The molecular weight excluding hydrogens is 506 g/mol. The molecule has 0 atom stereocenters. The van der Waals surface area contributed by atoms with Crippen LogP contribution in [-0.2, 0) is 16.2 Å². The third-order valence-electron chi connectivity index (χ3n) is 4.78. The first-order valence-corrected chi connectivity index (χ1v) is 11.3. The van der Waals surface area contributed by atoms with Gasteiger partial charge in [-0.15, -0.1) is 0 Å². The molecule has 3 rings (SSSR count). The second-order valence-electron chi connectivity index (χ2n) is 7.42. The van der Waals surface area contributed by atoms with Crippen LogP contribution in [0.5, 0.6) is 5.75 Å². The molecule has 8 heteroatoms. The average molecular weight is 529 g/mol. The molecular formula is C25H23BrClN3O3. The zero-order chi connectivity index (χ0) is 23.8. The van der Waals surface area contributed by atoms with Crippen LogP contribution >= 0.6 is 27.5 Å². The Bertz CT molecular complexity index is 1180. The lowest BCUT2D eigenvalue weighted by Crippen LogP contribution is -2.24. The lowest BCUT2D eigenvalue weighted by Gasteiger charge is -2.09. The van der Waals surface area contributed by atoms with Crippen LogP contribution in [-0.4, -0.2) is 18.0 Å². The highest BCUT2D eigenvalue weighted by atomic mass is 79.9. The summed E-state index contributed by atoms with van der Waals surface area (Å²) in [5.41, 5.74) is 6.97. The van der Waals surface area contributed by atoms with Crippen molar-refractivity contribution >= 4 is 51.2 Å². The van der Waals surface area contributed by atoms with Crippen molar-refractivity contribution in [2.75, 3.05) is 5.32 Å². The van der Waals surface area contributed by atoms with Gasteiger partial charge in [-0.2, -0.15) is 5.10 Å². The standard InChI is InChI=1S/C25H23BrClN3O3/c1-16-3-9-21(11-17(16)2)29-24(31)13-25(32)30-28-14-19-6-10-23(22(26)12-19)33-15-18-4-7-20(27)8-5-18/h3-12,14H,13,15H2,1-2H3,(H,29,31)(H,30,32). The Balaban J connectivity index is 1.47. The summed E-state index contributed by atoms with van der Waals surface area (Å²) >= 11 is 9.37. The Kier molecular flexibility index (Phi) is 8.63. The minimum absolute atomic E-state index is 0.328. The number of carbonyl (C=O) groups excluding carboxylic acids is 2. The van der Waals surface area contributed by atoms with Crippen LogP contribution in [0.1, 0.15) is 28.7 Å². The van der Waals surface area contributed by atoms with Crippen molar-refractivity contribution in [3.63, 3.8) is 0 Å². The molecule has 2 N–H and O–H groups in total. The molecule has 33 heavy (non-hydrogen) atoms. The Morgan fingerprint density at radius 1 is 1.00 bits per heavy atom. The molecule has 3 aromatic rings. The molecule has 6 nitrogen and oxygen atoms in total. The normalized spacial score (nSPS) is 10.8. The van der Waals surface area contributed by atoms with Crippen LogP contribution < -0.4 is 15.5 Å². The van der Waals surface area contributed by atoms with E-state index in [1.165, 1.54) is 6.21 Å². The predicted molar refractivity (Wildman–Crippen MR) is 135 cm³/mol. The minimum Gasteiger partial charge on any atom is -0.488 e. The third kappa shape index (κ3) is 7.73. The van der Waals surface area contributed by atoms with Gasteiger partial charge in [-0.3, -0.25) is 9.59 Å². The zero-order valence-corrected chi connectivity index (χ0v) is 20.5. The first-order valence-electron chi connectivity index (χ1n) is 10.2. The van der Waals surface area contributed by atoms with E-state index in [-0.39, 0.29) is 6.42 Å². The molecule has 0 heterocycles. The number of aryl methyl sites for hydroxylation is 2. The summed E-state index contributed by atoms with van der Waals surface area (Å²) in [6.07, 6.45) is 1.16. The van der Waals surface area contributed by atoms with E-state index in [0.717, 1.165) is 26.7 Å². The molecule has 2 amide bonds. The van der Waals surface area contributed by atoms with E-state index in [1.807, 2.05) is 62.4 Å². The van der Waals surface area contributed by atoms with Gasteiger partial charge in [0.1, 0.15) is 18.8 Å². The second-order valence-corrected chi connectivity index (χ2v) is 8.71. The summed E-state index contributed by atoms with van der Waals surface area (Å²) < 4.78 is 6.57. The summed E-state index contributed by atoms with van der Waals surface area (Å²) in [7, 11) is 0. The van der Waals surface area contributed by atoms with Gasteiger partial charge in [0.05, 0.1) is 10.7 Å². The van der Waals surface area contributed by atoms with Crippen molar-refractivity contribution in [1.82, 2.24) is 5.43 Å². The van der Waals surface area contributed by atoms with Gasteiger partial charge < -0.3 is 10.1 Å². The van der Waals surface area contributed by atoms with E-state index >= 15 is 0 Å². The monoisotopic (exact) mass is 527 g/mol. The highest BCUT2D eigenvalue weighted by molar-refractivity contribution is 9.10. The number of hydrazone groups is 1. The summed E-state index contributed by atoms with van der Waals surface area (Å²) in [6.45, 7) is 4.36. The fourth-order valence-electron chi connectivity index (χ4n) is 2.84. The van der Waals surface area contributed by atoms with Crippen LogP contribution in [0, 0.1) is 13.8 Å². The van der Waals surface area contributed by atoms with E-state index in [2.05, 4.69) is 31.8 Å². The van der Waals surface area contributed by atoms with E-state index in [0.29, 0.717) is 23.1 Å². The van der Waals surface area contributed by atoms with Gasteiger partial charge in [0.2, 0.25) is 11.8 Å². The maximum absolute atomic E-state index is 12.1. The molecule has 0 aromatic heterocycles. The maximum Gasteiger partial charge on any atom is 0.249 e. The summed E-state index contributed by atoms with van der Waals surface area (Å²) in [5, 5.41) is 7.31. The first-order chi connectivity index (χ1) is 15.8. The van der Waals surface area contributed by atoms with Crippen LogP contribution in [0.2, 0.25) is 5.02 Å². The smallest absolute Gasteiger partial charge is 0.249 e. The van der Waals surface area contributed by atoms with E-state index in [1.54, 1.807) is 12.1 Å². The molecule has 0 unspecified atom stereocenters. The van der Waals surface area contributed by atoms with Gasteiger partial charge in [-0.1, -0.05) is 29.8 Å². The second kappa shape index (κ2) is 11.6. The van der Waals surface area contributed by atoms with Gasteiger partial charge in [0.15, 0.2) is 0 Å². The van der Waals surface area contributed by atoms with Crippen molar-refractivity contribution in [1.29, 1.82) is 0 Å². The van der Waals surface area contributed by atoms with Crippen molar-refractivity contribution in [2.45, 2.75) is 26.9 Å². The van der Waals surface area contributed by atoms with Crippen molar-refractivity contribution in [3.8, 4) is 5.75 Å². The van der Waals surface area contributed by atoms with Crippen LogP contribution in [0.15, 0.2) is 70.2 Å². The molecule has 0 bridgehead atoms. The summed E-state index contributed by atoms with van der Waals surface area (Å²) in [5.74, 6) is -0.236. The number of carbonyl (C=O) groups is 2. The van der Waals surface area contributed by atoms with Crippen molar-refractivity contribution in [3.05, 3.63) is 92.4 Å². The molecule has 0 saturated heterocycles. The number of nitrogens with one attached hydrogen (secondary N) is 2. The fraction of sp³-hybridized carbons (Fsp3) is 0.160. The van der Waals surface area contributed by atoms with E-state index in [4.69, 9.17) is 16.3 Å². The summed E-state index contributed by atoms with van der Waals surface area (Å²) in [6, 6.07) is 18.5. The van der Waals surface area contributed by atoms with Gasteiger partial charge in [-0.25, -0.2) is 5.43 Å². The topological polar surface area (TPSA) is 79.8 Å². The van der Waals surface area contributed by atoms with Crippen LogP contribution in [0.3, 0.4) is 0 Å². The number of nitrogens with zero attached hydrogens (tertiary/aromatic N) is 1. The zero-order valence-electron chi connectivity index (χ0n) is 18.2. The van der Waals surface area contributed by atoms with Crippen LogP contribution in [0.25, 0.3) is 0 Å². The molecule has 170 valence electrons. The number of rotatable bonds is 8. The Morgan fingerprint density at radius 3 is 2.45 bits per heavy atom. The fourth-order valence-corrected chi connectivity index (χ4v) is 3.48. The van der Waals surface area contributed by atoms with E-state index < -0.39 is 11.8 Å². The lowest BCUT2D eigenvalue weighted by molar-refractivity contribution is -0.126. The first kappa shape index (κ1) is 24.5. The third-order valence-corrected chi connectivity index (χ3v) is 5.65. The number of hydrogen-bond acceptors (Lipinski definition) is 4. The van der Waals surface area contributed by atoms with Gasteiger partial charge in [0.25, 0.3) is 0 Å². The van der Waals surface area contributed by atoms with E-state index in [9.17, 15) is 9.59 Å². The Hall–Kier alpha value is -3.16. The van der Waals surface area contributed by atoms with Crippen molar-refractivity contribution in [2.24, 2.45) is 5.10 Å². The number of amides is 2. The highest BCUT2D eigenvalue weighted by Gasteiger charge is 2.09. The maximum atomic E-state index is 12.1. The predicted octanol–water partition coefficient (Wildman–Crippen LogP) is 5.78. The molecule has 0 aliphatic rings. The Labute approximate surface area is 206 Å². The number of halogens is 2. The minimum atomic E-state index is -0.505. The SMILES string of the molecule is Cc1ccc(NC(=O)CC(=O)NN=Cc2ccc(OCc3ccc(Cl)cc3)c(Br)c2)cc1C. The largest absolute Gasteiger partial charge is 0.488 e. The van der Waals surface area contributed by atoms with Crippen molar-refractivity contribution < 1.29 is 14.3 Å². The summed E-state index contributed by atoms with van der Waals surface area (Å²) in [4.78, 5) is 24.1. The van der Waals surface area contributed by atoms with Gasteiger partial charge >= 0.3 is 0 Å². The average Bonchev–Trinajstić information content (AvgIpc) is 2.77. The quantitative estimate of drug-likeness (QED) is 0.221. The molecule has 3 aromatic carbocycles. The molecule has 0 radical (unpaired) electrons. The van der Waals surface area contributed by atoms with Crippen LogP contribution in [0.4, 0.5) is 5.69 Å². The number of benzene rings is 3. The molecule has 0 fully saturated rings. The van der Waals surface area contributed by atoms with Gasteiger partial charge in [0, 0.05) is 10.7 Å². The number of anilines is 1. The highest BCUT2D eigenvalue weighted by Crippen LogP contribution is 2.26. The lowest BCUT2D eigenvalue weighted by atomic mass is 10.1. The Morgan fingerprint density at radius 2 is 1.76 bits per heavy atom. The number of ether oxygens (including phenoxy) is 1. The molecule has 0 saturated carbocycles. The molecule has 0 aliphatic heterocycles.